The number of hydrogen-bond acceptors (Lipinski definition) is 8. The van der Waals surface area contributed by atoms with E-state index >= 15 is 0 Å². The van der Waals surface area contributed by atoms with Crippen molar-refractivity contribution in [1.82, 2.24) is 4.57 Å². The molecule has 0 spiro atoms. The maximum Gasteiger partial charge on any atom is 0.243 e. The van der Waals surface area contributed by atoms with Gasteiger partial charge in [-0.05, 0) is 6.42 Å². The van der Waals surface area contributed by atoms with Crippen LogP contribution in [0.2, 0.25) is 0 Å². The van der Waals surface area contributed by atoms with Gasteiger partial charge in [0.15, 0.2) is 0 Å². The van der Waals surface area contributed by atoms with Crippen molar-refractivity contribution in [1.29, 1.82) is 0 Å². The van der Waals surface area contributed by atoms with Crippen LogP contribution in [0.4, 0.5) is 0 Å². The summed E-state index contributed by atoms with van der Waals surface area (Å²) in [5.41, 5.74) is 0. The van der Waals surface area contributed by atoms with Crippen molar-refractivity contribution >= 4 is 0 Å². The Labute approximate surface area is 198 Å². The molecule has 0 radical (unpaired) electrons. The summed E-state index contributed by atoms with van der Waals surface area (Å²) in [5, 5.41) is 8.55. The molecule has 0 saturated carbocycles. The zero-order valence-corrected chi connectivity index (χ0v) is 20.4. The van der Waals surface area contributed by atoms with Crippen molar-refractivity contribution in [2.24, 2.45) is 0 Å². The highest BCUT2D eigenvalue weighted by Gasteiger charge is 2.02. The Bertz CT molecular complexity index is 518. The van der Waals surface area contributed by atoms with Crippen LogP contribution in [0.1, 0.15) is 19.8 Å². The fourth-order valence-electron chi connectivity index (χ4n) is 2.70. The number of aryl methyl sites for hydroxylation is 1. The van der Waals surface area contributed by atoms with Crippen LogP contribution in [-0.2, 0) is 46.2 Å². The molecule has 0 aliphatic heterocycles. The van der Waals surface area contributed by atoms with E-state index in [-0.39, 0.29) is 6.61 Å². The summed E-state index contributed by atoms with van der Waals surface area (Å²) in [7, 11) is 0. The van der Waals surface area contributed by atoms with Crippen LogP contribution in [0.3, 0.4) is 0 Å². The Kier molecular flexibility index (Phi) is 21.8. The topological polar surface area (TPSA) is 93.7 Å². The van der Waals surface area contributed by atoms with E-state index in [9.17, 15) is 0 Å². The second kappa shape index (κ2) is 24.0. The Balaban J connectivity index is 1.70. The number of aromatic nitrogens is 2. The molecule has 1 aromatic heterocycles. The molecule has 194 valence electrons. The van der Waals surface area contributed by atoms with Gasteiger partial charge in [-0.3, -0.25) is 0 Å². The van der Waals surface area contributed by atoms with Gasteiger partial charge < -0.3 is 38.3 Å². The predicted molar refractivity (Wildman–Crippen MR) is 122 cm³/mol. The van der Waals surface area contributed by atoms with Gasteiger partial charge in [0.25, 0.3) is 0 Å². The molecule has 0 aromatic carbocycles. The SMILES string of the molecule is CCCC[n+]1ccn(CCOCCOCCOCCOCCOCCOCCOCCO)c1. The van der Waals surface area contributed by atoms with Gasteiger partial charge in [0.1, 0.15) is 18.9 Å². The van der Waals surface area contributed by atoms with E-state index in [0.717, 1.165) is 13.1 Å². The lowest BCUT2D eigenvalue weighted by molar-refractivity contribution is -0.696. The van der Waals surface area contributed by atoms with Crippen LogP contribution in [0.15, 0.2) is 18.7 Å². The molecule has 0 atom stereocenters. The summed E-state index contributed by atoms with van der Waals surface area (Å²) >= 11 is 0. The van der Waals surface area contributed by atoms with Crippen molar-refractivity contribution in [3.8, 4) is 0 Å². The first-order chi connectivity index (χ1) is 16.4. The second-order valence-electron chi connectivity index (χ2n) is 7.25. The van der Waals surface area contributed by atoms with Crippen molar-refractivity contribution in [3.05, 3.63) is 18.7 Å². The minimum atomic E-state index is 0.0345. The predicted octanol–water partition coefficient (Wildman–Crippen LogP) is 0.684. The molecule has 0 aliphatic rings. The second-order valence-corrected chi connectivity index (χ2v) is 7.25. The molecule has 0 saturated heterocycles. The summed E-state index contributed by atoms with van der Waals surface area (Å²) in [6.07, 6.45) is 8.73. The minimum Gasteiger partial charge on any atom is -0.394 e. The third kappa shape index (κ3) is 20.0. The Morgan fingerprint density at radius 3 is 1.48 bits per heavy atom. The lowest BCUT2D eigenvalue weighted by Crippen LogP contribution is -2.30. The van der Waals surface area contributed by atoms with Gasteiger partial charge in [0.05, 0.1) is 106 Å². The molecule has 10 heteroatoms. The lowest BCUT2D eigenvalue weighted by Gasteiger charge is -2.08. The van der Waals surface area contributed by atoms with E-state index in [1.807, 2.05) is 0 Å². The van der Waals surface area contributed by atoms with E-state index < -0.39 is 0 Å². The smallest absolute Gasteiger partial charge is 0.243 e. The van der Waals surface area contributed by atoms with Crippen LogP contribution in [0.5, 0.6) is 0 Å². The molecule has 1 aromatic rings. The number of hydrogen-bond donors (Lipinski definition) is 1. The Hall–Kier alpha value is -1.11. The number of aliphatic hydroxyl groups excluding tert-OH is 1. The maximum absolute atomic E-state index is 8.55. The molecule has 1 N–H and O–H groups in total. The first-order valence-corrected chi connectivity index (χ1v) is 12.1. The number of unbranched alkanes of at least 4 members (excludes halogenated alkanes) is 1. The largest absolute Gasteiger partial charge is 0.394 e. The highest BCUT2D eigenvalue weighted by atomic mass is 16.6. The summed E-state index contributed by atoms with van der Waals surface area (Å²) in [5.74, 6) is 0. The maximum atomic E-state index is 8.55. The summed E-state index contributed by atoms with van der Waals surface area (Å²) < 4.78 is 42.2. The molecular weight excluding hydrogens is 432 g/mol. The van der Waals surface area contributed by atoms with E-state index in [1.165, 1.54) is 12.8 Å². The van der Waals surface area contributed by atoms with Crippen molar-refractivity contribution < 1.29 is 42.8 Å². The van der Waals surface area contributed by atoms with E-state index in [2.05, 4.69) is 34.8 Å². The van der Waals surface area contributed by atoms with Crippen molar-refractivity contribution in [2.75, 3.05) is 99.1 Å². The van der Waals surface area contributed by atoms with Gasteiger partial charge in [-0.25, -0.2) is 9.13 Å². The minimum absolute atomic E-state index is 0.0345. The normalized spacial score (nSPS) is 11.5. The molecule has 0 aliphatic carbocycles. The summed E-state index contributed by atoms with van der Waals surface area (Å²) in [6.45, 7) is 11.6. The van der Waals surface area contributed by atoms with Gasteiger partial charge in [-0.15, -0.1) is 0 Å². The number of nitrogens with zero attached hydrogens (tertiary/aromatic N) is 2. The van der Waals surface area contributed by atoms with E-state index in [1.54, 1.807) is 0 Å². The number of aliphatic hydroxyl groups is 1. The fourth-order valence-corrected chi connectivity index (χ4v) is 2.70. The van der Waals surface area contributed by atoms with Crippen LogP contribution in [0, 0.1) is 0 Å². The molecule has 1 rings (SSSR count). The average molecular weight is 478 g/mol. The first kappa shape index (κ1) is 29.9. The van der Waals surface area contributed by atoms with E-state index in [4.69, 9.17) is 38.3 Å². The first-order valence-electron chi connectivity index (χ1n) is 12.1. The van der Waals surface area contributed by atoms with Crippen LogP contribution in [-0.4, -0.2) is 109 Å². The number of ether oxygens (including phenoxy) is 7. The van der Waals surface area contributed by atoms with Crippen molar-refractivity contribution in [2.45, 2.75) is 32.9 Å². The molecule has 0 amide bonds. The molecule has 33 heavy (non-hydrogen) atoms. The number of rotatable bonds is 26. The highest BCUT2D eigenvalue weighted by Crippen LogP contribution is 1.90. The average Bonchev–Trinajstić information content (AvgIpc) is 3.28. The van der Waals surface area contributed by atoms with Gasteiger partial charge in [-0.1, -0.05) is 13.3 Å². The van der Waals surface area contributed by atoms with Gasteiger partial charge in [0, 0.05) is 0 Å². The highest BCUT2D eigenvalue weighted by molar-refractivity contribution is 4.65. The molecule has 0 fully saturated rings. The molecular formula is C23H45N2O8+. The zero-order valence-electron chi connectivity index (χ0n) is 20.4. The molecule has 0 bridgehead atoms. The fraction of sp³-hybridized carbons (Fsp3) is 0.870. The zero-order chi connectivity index (χ0) is 23.7. The Morgan fingerprint density at radius 1 is 0.636 bits per heavy atom. The Morgan fingerprint density at radius 2 is 1.06 bits per heavy atom. The summed E-state index contributed by atoms with van der Waals surface area (Å²) in [6, 6.07) is 0. The lowest BCUT2D eigenvalue weighted by atomic mass is 10.3. The standard InChI is InChI=1S/C23H45N2O8/c1-2-3-4-24-5-6-25(23-24)7-9-27-11-13-29-15-17-31-19-21-33-22-20-32-18-16-30-14-12-28-10-8-26/h5-6,23,26H,2-4,7-22H2,1H3/q+1. The number of imidazole rings is 1. The molecule has 10 nitrogen and oxygen atoms in total. The molecule has 1 heterocycles. The van der Waals surface area contributed by atoms with Crippen LogP contribution < -0.4 is 4.57 Å². The quantitative estimate of drug-likeness (QED) is 0.154. The van der Waals surface area contributed by atoms with E-state index in [0.29, 0.717) is 92.5 Å². The van der Waals surface area contributed by atoms with Crippen LogP contribution >= 0.6 is 0 Å². The monoisotopic (exact) mass is 477 g/mol. The summed E-state index contributed by atoms with van der Waals surface area (Å²) in [4.78, 5) is 0. The van der Waals surface area contributed by atoms with Gasteiger partial charge in [0.2, 0.25) is 6.33 Å². The molecule has 0 unspecified atom stereocenters. The third-order valence-electron chi connectivity index (χ3n) is 4.48. The third-order valence-corrected chi connectivity index (χ3v) is 4.48. The van der Waals surface area contributed by atoms with Gasteiger partial charge in [-0.2, -0.15) is 0 Å². The van der Waals surface area contributed by atoms with Crippen molar-refractivity contribution in [3.63, 3.8) is 0 Å². The van der Waals surface area contributed by atoms with Crippen LogP contribution in [0.25, 0.3) is 0 Å². The van der Waals surface area contributed by atoms with Gasteiger partial charge >= 0.3 is 0 Å².